The van der Waals surface area contributed by atoms with Crippen LogP contribution in [0.25, 0.3) is 0 Å². The Hall–Kier alpha value is -0.820. The zero-order chi connectivity index (χ0) is 13.6. The second kappa shape index (κ2) is 6.94. The van der Waals surface area contributed by atoms with Gasteiger partial charge in [-0.2, -0.15) is 0 Å². The van der Waals surface area contributed by atoms with Gasteiger partial charge in [0.1, 0.15) is 0 Å². The molecule has 0 amide bonds. The standard InChI is InChI=1S/C17H29N/c1-6-18-12-11-14(2)13-15-7-9-16(10-8-15)17(3,4)5/h7-10,14,18H,6,11-13H2,1-5H3. The normalized spacial score (nSPS) is 13.6. The van der Waals surface area contributed by atoms with Crippen LogP contribution in [0.3, 0.4) is 0 Å². The first kappa shape index (κ1) is 15.2. The van der Waals surface area contributed by atoms with E-state index in [4.69, 9.17) is 0 Å². The number of hydrogen-bond acceptors (Lipinski definition) is 1. The van der Waals surface area contributed by atoms with Gasteiger partial charge in [0.2, 0.25) is 0 Å². The summed E-state index contributed by atoms with van der Waals surface area (Å²) < 4.78 is 0. The minimum atomic E-state index is 0.259. The molecule has 0 aromatic heterocycles. The molecule has 0 fully saturated rings. The molecular weight excluding hydrogens is 218 g/mol. The predicted octanol–water partition coefficient (Wildman–Crippen LogP) is 4.16. The van der Waals surface area contributed by atoms with Crippen LogP contribution < -0.4 is 5.32 Å². The van der Waals surface area contributed by atoms with E-state index < -0.39 is 0 Å². The smallest absolute Gasteiger partial charge is 0.00464 e. The summed E-state index contributed by atoms with van der Waals surface area (Å²) in [4.78, 5) is 0. The first-order valence-corrected chi connectivity index (χ1v) is 7.23. The van der Waals surface area contributed by atoms with Gasteiger partial charge in [-0.25, -0.2) is 0 Å². The number of nitrogens with one attached hydrogen (secondary N) is 1. The Balaban J connectivity index is 2.48. The molecule has 0 radical (unpaired) electrons. The third-order valence-corrected chi connectivity index (χ3v) is 3.47. The molecule has 0 aliphatic heterocycles. The SMILES string of the molecule is CCNCCC(C)Cc1ccc(C(C)(C)C)cc1. The van der Waals surface area contributed by atoms with Gasteiger partial charge < -0.3 is 5.32 Å². The average Bonchev–Trinajstić information content (AvgIpc) is 2.29. The van der Waals surface area contributed by atoms with Gasteiger partial charge in [-0.3, -0.25) is 0 Å². The van der Waals surface area contributed by atoms with Gasteiger partial charge in [0.05, 0.1) is 0 Å². The van der Waals surface area contributed by atoms with Crippen molar-refractivity contribution < 1.29 is 0 Å². The van der Waals surface area contributed by atoms with Crippen molar-refractivity contribution in [3.05, 3.63) is 35.4 Å². The highest BCUT2D eigenvalue weighted by Gasteiger charge is 2.13. The van der Waals surface area contributed by atoms with Crippen LogP contribution in [-0.4, -0.2) is 13.1 Å². The summed E-state index contributed by atoms with van der Waals surface area (Å²) in [6, 6.07) is 9.16. The van der Waals surface area contributed by atoms with E-state index in [0.29, 0.717) is 0 Å². The number of hydrogen-bond donors (Lipinski definition) is 1. The highest BCUT2D eigenvalue weighted by Crippen LogP contribution is 2.23. The second-order valence-electron chi connectivity index (χ2n) is 6.40. The molecule has 0 saturated heterocycles. The van der Waals surface area contributed by atoms with Crippen molar-refractivity contribution in [3.8, 4) is 0 Å². The largest absolute Gasteiger partial charge is 0.317 e. The van der Waals surface area contributed by atoms with Gasteiger partial charge in [0.25, 0.3) is 0 Å². The average molecular weight is 247 g/mol. The summed E-state index contributed by atoms with van der Waals surface area (Å²) in [6.45, 7) is 13.5. The molecular formula is C17H29N. The molecule has 1 nitrogen and oxygen atoms in total. The third kappa shape index (κ3) is 5.22. The van der Waals surface area contributed by atoms with E-state index in [9.17, 15) is 0 Å². The molecule has 0 spiro atoms. The predicted molar refractivity (Wildman–Crippen MR) is 81.2 cm³/mol. The molecule has 1 heteroatoms. The van der Waals surface area contributed by atoms with Crippen molar-refractivity contribution in [2.75, 3.05) is 13.1 Å². The molecule has 1 aromatic rings. The first-order chi connectivity index (χ1) is 8.43. The molecule has 1 rings (SSSR count). The van der Waals surface area contributed by atoms with E-state index in [0.717, 1.165) is 19.0 Å². The Bertz CT molecular complexity index is 332. The van der Waals surface area contributed by atoms with E-state index >= 15 is 0 Å². The Morgan fingerprint density at radius 1 is 1.11 bits per heavy atom. The summed E-state index contributed by atoms with van der Waals surface area (Å²) in [7, 11) is 0. The fraction of sp³-hybridized carbons (Fsp3) is 0.647. The lowest BCUT2D eigenvalue weighted by Gasteiger charge is -2.19. The van der Waals surface area contributed by atoms with Crippen molar-refractivity contribution >= 4 is 0 Å². The molecule has 0 bridgehead atoms. The topological polar surface area (TPSA) is 12.0 Å². The molecule has 1 aromatic carbocycles. The number of rotatable bonds is 6. The summed E-state index contributed by atoms with van der Waals surface area (Å²) in [6.07, 6.45) is 2.45. The van der Waals surface area contributed by atoms with Gasteiger partial charge >= 0.3 is 0 Å². The second-order valence-corrected chi connectivity index (χ2v) is 6.40. The van der Waals surface area contributed by atoms with Gasteiger partial charge in [0.15, 0.2) is 0 Å². The highest BCUT2D eigenvalue weighted by atomic mass is 14.8. The fourth-order valence-electron chi connectivity index (χ4n) is 2.17. The van der Waals surface area contributed by atoms with Crippen LogP contribution in [0, 0.1) is 5.92 Å². The van der Waals surface area contributed by atoms with E-state index in [1.165, 1.54) is 24.0 Å². The van der Waals surface area contributed by atoms with Crippen LogP contribution in [0.2, 0.25) is 0 Å². The maximum absolute atomic E-state index is 3.39. The lowest BCUT2D eigenvalue weighted by Crippen LogP contribution is -2.17. The summed E-state index contributed by atoms with van der Waals surface area (Å²) >= 11 is 0. The third-order valence-electron chi connectivity index (χ3n) is 3.47. The van der Waals surface area contributed by atoms with E-state index in [2.05, 4.69) is 64.2 Å². The van der Waals surface area contributed by atoms with Crippen LogP contribution in [-0.2, 0) is 11.8 Å². The van der Waals surface area contributed by atoms with E-state index in [-0.39, 0.29) is 5.41 Å². The highest BCUT2D eigenvalue weighted by molar-refractivity contribution is 5.27. The first-order valence-electron chi connectivity index (χ1n) is 7.23. The van der Waals surface area contributed by atoms with Gasteiger partial charge in [-0.1, -0.05) is 58.9 Å². The van der Waals surface area contributed by atoms with Crippen molar-refractivity contribution in [1.29, 1.82) is 0 Å². The van der Waals surface area contributed by atoms with Crippen molar-refractivity contribution in [3.63, 3.8) is 0 Å². The molecule has 1 atom stereocenters. The maximum atomic E-state index is 3.39. The zero-order valence-electron chi connectivity index (χ0n) is 12.7. The molecule has 102 valence electrons. The van der Waals surface area contributed by atoms with E-state index in [1.54, 1.807) is 0 Å². The molecule has 0 aliphatic rings. The van der Waals surface area contributed by atoms with Crippen molar-refractivity contribution in [1.82, 2.24) is 5.32 Å². The van der Waals surface area contributed by atoms with Gasteiger partial charge in [0, 0.05) is 0 Å². The van der Waals surface area contributed by atoms with Crippen LogP contribution >= 0.6 is 0 Å². The lowest BCUT2D eigenvalue weighted by atomic mass is 9.86. The Labute approximate surface area is 113 Å². The van der Waals surface area contributed by atoms with Crippen molar-refractivity contribution in [2.24, 2.45) is 5.92 Å². The van der Waals surface area contributed by atoms with Gasteiger partial charge in [-0.15, -0.1) is 0 Å². The Morgan fingerprint density at radius 3 is 2.22 bits per heavy atom. The lowest BCUT2D eigenvalue weighted by molar-refractivity contribution is 0.504. The summed E-state index contributed by atoms with van der Waals surface area (Å²) in [5.74, 6) is 0.754. The Morgan fingerprint density at radius 2 is 1.72 bits per heavy atom. The monoisotopic (exact) mass is 247 g/mol. The fourth-order valence-corrected chi connectivity index (χ4v) is 2.17. The summed E-state index contributed by atoms with van der Waals surface area (Å²) in [5, 5.41) is 3.39. The molecule has 1 N–H and O–H groups in total. The minimum absolute atomic E-state index is 0.259. The Kier molecular flexibility index (Phi) is 5.87. The quantitative estimate of drug-likeness (QED) is 0.744. The van der Waals surface area contributed by atoms with Crippen LogP contribution in [0.1, 0.15) is 52.2 Å². The van der Waals surface area contributed by atoms with Crippen molar-refractivity contribution in [2.45, 2.75) is 52.9 Å². The van der Waals surface area contributed by atoms with Crippen LogP contribution in [0.4, 0.5) is 0 Å². The molecule has 18 heavy (non-hydrogen) atoms. The van der Waals surface area contributed by atoms with Gasteiger partial charge in [-0.05, 0) is 48.4 Å². The molecule has 1 unspecified atom stereocenters. The maximum Gasteiger partial charge on any atom is -0.00464 e. The van der Waals surface area contributed by atoms with E-state index in [1.807, 2.05) is 0 Å². The zero-order valence-corrected chi connectivity index (χ0v) is 12.7. The molecule has 0 heterocycles. The van der Waals surface area contributed by atoms with Crippen LogP contribution in [0.5, 0.6) is 0 Å². The number of benzene rings is 1. The minimum Gasteiger partial charge on any atom is -0.317 e. The summed E-state index contributed by atoms with van der Waals surface area (Å²) in [5.41, 5.74) is 3.15. The molecule has 0 aliphatic carbocycles. The molecule has 0 saturated carbocycles. The van der Waals surface area contributed by atoms with Crippen LogP contribution in [0.15, 0.2) is 24.3 Å².